The van der Waals surface area contributed by atoms with E-state index in [0.717, 1.165) is 37.4 Å². The van der Waals surface area contributed by atoms with Gasteiger partial charge in [0.05, 0.1) is 22.8 Å². The van der Waals surface area contributed by atoms with E-state index in [2.05, 4.69) is 9.71 Å². The van der Waals surface area contributed by atoms with Gasteiger partial charge in [0.25, 0.3) is 5.91 Å². The topological polar surface area (TPSA) is 54.5 Å². The Morgan fingerprint density at radius 1 is 1.26 bits per heavy atom. The summed E-state index contributed by atoms with van der Waals surface area (Å²) in [4.78, 5) is 18.2. The molecule has 0 bridgehead atoms. The summed E-state index contributed by atoms with van der Waals surface area (Å²) in [5, 5.41) is 0.0284. The summed E-state index contributed by atoms with van der Waals surface area (Å²) in [5.41, 5.74) is -0.402. The number of hydrogen-bond donors (Lipinski definition) is 1. The van der Waals surface area contributed by atoms with Crippen LogP contribution in [0.15, 0.2) is 24.4 Å². The van der Waals surface area contributed by atoms with Gasteiger partial charge in [-0.25, -0.2) is 9.37 Å². The molecule has 0 atom stereocenters. The van der Waals surface area contributed by atoms with Crippen molar-refractivity contribution in [1.29, 1.82) is 0 Å². The summed E-state index contributed by atoms with van der Waals surface area (Å²) in [6.45, 7) is 3.28. The third-order valence-electron chi connectivity index (χ3n) is 6.39. The second kappa shape index (κ2) is 9.03. The lowest BCUT2D eigenvalue weighted by Gasteiger charge is -2.48. The molecule has 1 amide bonds. The molecule has 0 spiro atoms. The van der Waals surface area contributed by atoms with Gasteiger partial charge >= 0.3 is 6.18 Å². The maximum atomic E-state index is 14.8. The van der Waals surface area contributed by atoms with E-state index in [1.165, 1.54) is 24.1 Å². The highest BCUT2D eigenvalue weighted by atomic mass is 35.5. The Hall–Kier alpha value is -2.20. The number of pyridine rings is 1. The minimum absolute atomic E-state index is 0.0266. The molecule has 1 aliphatic heterocycles. The first-order chi connectivity index (χ1) is 16.5. The zero-order valence-electron chi connectivity index (χ0n) is 18.9. The summed E-state index contributed by atoms with van der Waals surface area (Å²) in [6, 6.07) is 4.12. The molecule has 2 saturated carbocycles. The van der Waals surface area contributed by atoms with Crippen molar-refractivity contribution < 1.29 is 27.1 Å². The maximum absolute atomic E-state index is 14.8. The van der Waals surface area contributed by atoms with Crippen LogP contribution in [0.2, 0.25) is 5.02 Å². The lowest BCUT2D eigenvalue weighted by Crippen LogP contribution is -2.58. The molecular formula is C24H24ClF4N3O2S. The molecular weight excluding hydrogens is 506 g/mol. The van der Waals surface area contributed by atoms with Gasteiger partial charge in [0.2, 0.25) is 0 Å². The van der Waals surface area contributed by atoms with Gasteiger partial charge in [0, 0.05) is 36.0 Å². The van der Waals surface area contributed by atoms with Crippen molar-refractivity contribution in [3.8, 4) is 5.75 Å². The fourth-order valence-electron chi connectivity index (χ4n) is 4.14. The van der Waals surface area contributed by atoms with Crippen LogP contribution < -0.4 is 14.4 Å². The summed E-state index contributed by atoms with van der Waals surface area (Å²) >= 11 is 7.16. The summed E-state index contributed by atoms with van der Waals surface area (Å²) in [6.07, 6.45) is 0.240. The molecule has 11 heteroatoms. The number of aromatic nitrogens is 1. The number of ether oxygens (including phenoxy) is 1. The van der Waals surface area contributed by atoms with Gasteiger partial charge in [-0.1, -0.05) is 18.5 Å². The molecule has 5 nitrogen and oxygen atoms in total. The second-order valence-corrected chi connectivity index (χ2v) is 11.4. The number of anilines is 1. The van der Waals surface area contributed by atoms with Crippen LogP contribution in [-0.2, 0) is 6.18 Å². The number of nitrogens with one attached hydrogen (secondary N) is 1. The highest BCUT2D eigenvalue weighted by Crippen LogP contribution is 2.46. The fourth-order valence-corrected chi connectivity index (χ4v) is 5.15. The summed E-state index contributed by atoms with van der Waals surface area (Å²) in [7, 11) is 0. The van der Waals surface area contributed by atoms with Gasteiger partial charge in [-0.2, -0.15) is 13.2 Å². The van der Waals surface area contributed by atoms with Crippen molar-refractivity contribution in [3.05, 3.63) is 51.9 Å². The molecule has 2 heterocycles. The molecule has 35 heavy (non-hydrogen) atoms. The van der Waals surface area contributed by atoms with E-state index in [0.29, 0.717) is 36.5 Å². The van der Waals surface area contributed by atoms with E-state index >= 15 is 0 Å². The molecule has 3 aliphatic rings. The van der Waals surface area contributed by atoms with Gasteiger partial charge in [0.15, 0.2) is 0 Å². The lowest BCUT2D eigenvalue weighted by atomic mass is 9.83. The van der Waals surface area contributed by atoms with E-state index in [9.17, 15) is 22.4 Å². The van der Waals surface area contributed by atoms with Crippen LogP contribution in [0.3, 0.4) is 0 Å². The molecule has 1 N–H and O–H groups in total. The Kier molecular flexibility index (Phi) is 6.32. The number of carbonyl (C=O) groups excluding carboxylic acids is 1. The van der Waals surface area contributed by atoms with Crippen molar-refractivity contribution in [3.63, 3.8) is 0 Å². The largest absolute Gasteiger partial charge is 0.492 e. The molecule has 0 unspecified atom stereocenters. The molecule has 3 fully saturated rings. The van der Waals surface area contributed by atoms with Crippen LogP contribution in [0.4, 0.5) is 23.4 Å². The van der Waals surface area contributed by atoms with Crippen LogP contribution in [0, 0.1) is 11.2 Å². The van der Waals surface area contributed by atoms with E-state index in [-0.39, 0.29) is 16.9 Å². The number of halogens is 5. The summed E-state index contributed by atoms with van der Waals surface area (Å²) in [5.74, 6) is -0.00626. The molecule has 5 rings (SSSR count). The normalized spacial score (nSPS) is 19.3. The molecule has 0 radical (unpaired) electrons. The van der Waals surface area contributed by atoms with Crippen LogP contribution in [0.25, 0.3) is 0 Å². The van der Waals surface area contributed by atoms with Crippen molar-refractivity contribution in [2.45, 2.75) is 50.0 Å². The third kappa shape index (κ3) is 5.48. The first kappa shape index (κ1) is 24.5. The predicted octanol–water partition coefficient (Wildman–Crippen LogP) is 6.22. The summed E-state index contributed by atoms with van der Waals surface area (Å²) < 4.78 is 62.3. The molecule has 1 aromatic carbocycles. The Bertz CT molecular complexity index is 1150. The van der Waals surface area contributed by atoms with E-state index in [1.807, 2.05) is 11.8 Å². The van der Waals surface area contributed by atoms with Gasteiger partial charge < -0.3 is 9.64 Å². The van der Waals surface area contributed by atoms with Crippen LogP contribution in [-0.4, -0.2) is 35.8 Å². The van der Waals surface area contributed by atoms with E-state index in [4.69, 9.17) is 16.3 Å². The molecule has 188 valence electrons. The standard InChI is InChI=1S/C24H24ClF4N3O2S/c1-23(10-32(11-23)21-7-18(25)17(9-30-21)24(27,28)29)12-34-20-8-19(26)16(6-15(20)13-2-3-13)22(33)31-35-14-4-5-14/h6-9,13-14H,2-5,10-12H2,1H3,(H,31,33). The van der Waals surface area contributed by atoms with Gasteiger partial charge in [-0.3, -0.25) is 9.52 Å². The lowest BCUT2D eigenvalue weighted by molar-refractivity contribution is -0.137. The number of carbonyl (C=O) groups is 1. The smallest absolute Gasteiger partial charge is 0.419 e. The quantitative estimate of drug-likeness (QED) is 0.325. The Morgan fingerprint density at radius 3 is 2.57 bits per heavy atom. The van der Waals surface area contributed by atoms with E-state index < -0.39 is 28.5 Å². The SMILES string of the molecule is CC1(COc2cc(F)c(C(=O)NSC3CC3)cc2C2CC2)CN(c2cc(Cl)c(C(F)(F)F)cn2)C1. The number of alkyl halides is 3. The average Bonchev–Trinajstić information content (AvgIpc) is 3.67. The van der Waals surface area contributed by atoms with Crippen LogP contribution in [0.5, 0.6) is 5.75 Å². The van der Waals surface area contributed by atoms with Crippen molar-refractivity contribution in [1.82, 2.24) is 9.71 Å². The monoisotopic (exact) mass is 529 g/mol. The Labute approximate surface area is 209 Å². The maximum Gasteiger partial charge on any atom is 0.419 e. The van der Waals surface area contributed by atoms with Crippen molar-refractivity contribution >= 4 is 35.3 Å². The number of rotatable bonds is 8. The van der Waals surface area contributed by atoms with Gasteiger partial charge in [0.1, 0.15) is 17.4 Å². The Balaban J connectivity index is 1.23. The second-order valence-electron chi connectivity index (χ2n) is 9.87. The highest BCUT2D eigenvalue weighted by Gasteiger charge is 2.42. The van der Waals surface area contributed by atoms with E-state index in [1.54, 1.807) is 6.07 Å². The number of amides is 1. The first-order valence-electron chi connectivity index (χ1n) is 11.4. The van der Waals surface area contributed by atoms with Gasteiger partial charge in [-0.15, -0.1) is 0 Å². The van der Waals surface area contributed by atoms with Gasteiger partial charge in [-0.05, 0) is 61.2 Å². The molecule has 2 aliphatic carbocycles. The fraction of sp³-hybridized carbons (Fsp3) is 0.500. The predicted molar refractivity (Wildman–Crippen MR) is 127 cm³/mol. The zero-order chi connectivity index (χ0) is 25.0. The molecule has 1 saturated heterocycles. The molecule has 2 aromatic rings. The third-order valence-corrected chi connectivity index (χ3v) is 7.81. The number of hydrogen-bond acceptors (Lipinski definition) is 5. The van der Waals surface area contributed by atoms with Crippen molar-refractivity contribution in [2.75, 3.05) is 24.6 Å². The zero-order valence-corrected chi connectivity index (χ0v) is 20.5. The van der Waals surface area contributed by atoms with Crippen molar-refractivity contribution in [2.24, 2.45) is 5.41 Å². The number of nitrogens with zero attached hydrogens (tertiary/aromatic N) is 2. The average molecular weight is 530 g/mol. The van der Waals surface area contributed by atoms with Crippen LogP contribution >= 0.6 is 23.5 Å². The first-order valence-corrected chi connectivity index (χ1v) is 12.7. The minimum atomic E-state index is -4.55. The number of benzene rings is 1. The highest BCUT2D eigenvalue weighted by molar-refractivity contribution is 7.98. The minimum Gasteiger partial charge on any atom is -0.492 e. The van der Waals surface area contributed by atoms with Crippen LogP contribution in [0.1, 0.15) is 60.0 Å². The Morgan fingerprint density at radius 2 is 1.97 bits per heavy atom. The molecule has 1 aromatic heterocycles.